The normalized spacial score (nSPS) is 29.9. The minimum atomic E-state index is 0.441. The van der Waals surface area contributed by atoms with Crippen LogP contribution in [0.15, 0.2) is 48.1 Å². The largest absolute Gasteiger partial charge is 0.0955 e. The van der Waals surface area contributed by atoms with E-state index in [1.165, 1.54) is 100 Å². The highest BCUT2D eigenvalue weighted by Crippen LogP contribution is 2.53. The summed E-state index contributed by atoms with van der Waals surface area (Å²) in [6.45, 7) is 11.4. The zero-order valence-electron chi connectivity index (χ0n) is 22.3. The molecule has 3 saturated carbocycles. The smallest absolute Gasteiger partial charge is 0.00416 e. The van der Waals surface area contributed by atoms with Crippen molar-refractivity contribution >= 4 is 5.57 Å². The molecule has 0 aliphatic heterocycles. The fourth-order valence-electron chi connectivity index (χ4n) is 7.79. The Morgan fingerprint density at radius 2 is 1.88 bits per heavy atom. The predicted octanol–water partition coefficient (Wildman–Crippen LogP) is 9.98. The highest BCUT2D eigenvalue weighted by molar-refractivity contribution is 5.66. The quantitative estimate of drug-likeness (QED) is 0.347. The molecule has 0 spiro atoms. The summed E-state index contributed by atoms with van der Waals surface area (Å²) in [6, 6.07) is 7.54. The summed E-state index contributed by atoms with van der Waals surface area (Å²) in [7, 11) is 0. The maximum Gasteiger partial charge on any atom is -0.00416 e. The van der Waals surface area contributed by atoms with E-state index in [0.717, 1.165) is 30.1 Å². The Hall–Kier alpha value is -1.56. The molecule has 0 heterocycles. The van der Waals surface area contributed by atoms with Crippen LogP contribution in [0.2, 0.25) is 0 Å². The summed E-state index contributed by atoms with van der Waals surface area (Å²) in [5, 5.41) is 0. The zero-order chi connectivity index (χ0) is 23.7. The van der Waals surface area contributed by atoms with Gasteiger partial charge in [0.2, 0.25) is 0 Å². The second-order valence-corrected chi connectivity index (χ2v) is 12.8. The number of hydrogen-bond donors (Lipinski definition) is 0. The Bertz CT molecular complexity index is 954. The molecule has 2 bridgehead atoms. The van der Waals surface area contributed by atoms with Gasteiger partial charge in [-0.15, -0.1) is 0 Å². The summed E-state index contributed by atoms with van der Waals surface area (Å²) >= 11 is 0. The van der Waals surface area contributed by atoms with Gasteiger partial charge >= 0.3 is 0 Å². The molecule has 1 aromatic carbocycles. The Balaban J connectivity index is 1.34. The van der Waals surface area contributed by atoms with Crippen LogP contribution in [0.3, 0.4) is 0 Å². The van der Waals surface area contributed by atoms with Crippen molar-refractivity contribution in [3.8, 4) is 0 Å². The van der Waals surface area contributed by atoms with E-state index in [1.807, 2.05) is 0 Å². The molecule has 34 heavy (non-hydrogen) atoms. The van der Waals surface area contributed by atoms with Crippen molar-refractivity contribution in [2.45, 2.75) is 116 Å². The van der Waals surface area contributed by atoms with E-state index < -0.39 is 0 Å². The van der Waals surface area contributed by atoms with Crippen LogP contribution in [0.25, 0.3) is 5.57 Å². The summed E-state index contributed by atoms with van der Waals surface area (Å²) < 4.78 is 0. The van der Waals surface area contributed by atoms with Gasteiger partial charge in [0.25, 0.3) is 0 Å². The third-order valence-electron chi connectivity index (χ3n) is 10.1. The van der Waals surface area contributed by atoms with Crippen molar-refractivity contribution in [3.05, 3.63) is 64.8 Å². The first kappa shape index (κ1) is 24.1. The standard InChI is InChI=1S/C34H48/c1-5-26-19-29-7-6-18-34(22-26,23-29)32-16-17-33(24(2)3)31(21-32)20-28-12-10-27(11-13-28)9-8-25(4)30-14-15-30/h10,12,16-17,21,25-26,29-30H,2,5-9,11,13-15,18-20,22-23H2,1,3-4H3. The van der Waals surface area contributed by atoms with Gasteiger partial charge in [-0.25, -0.2) is 0 Å². The topological polar surface area (TPSA) is 0 Å². The van der Waals surface area contributed by atoms with Crippen molar-refractivity contribution in [1.29, 1.82) is 0 Å². The van der Waals surface area contributed by atoms with Gasteiger partial charge in [0.1, 0.15) is 0 Å². The molecule has 3 fully saturated rings. The van der Waals surface area contributed by atoms with E-state index in [-0.39, 0.29) is 0 Å². The predicted molar refractivity (Wildman–Crippen MR) is 148 cm³/mol. The molecule has 0 amide bonds. The molecule has 0 saturated heterocycles. The van der Waals surface area contributed by atoms with E-state index in [4.69, 9.17) is 0 Å². The average molecular weight is 457 g/mol. The molecule has 1 aromatic rings. The van der Waals surface area contributed by atoms with Crippen LogP contribution >= 0.6 is 0 Å². The molecule has 4 aliphatic carbocycles. The molecule has 0 heteroatoms. The van der Waals surface area contributed by atoms with Gasteiger partial charge in [-0.05, 0) is 123 Å². The fraction of sp³-hybridized carbons (Fsp3) is 0.647. The Morgan fingerprint density at radius 3 is 2.59 bits per heavy atom. The lowest BCUT2D eigenvalue weighted by Crippen LogP contribution is -2.40. The fourth-order valence-corrected chi connectivity index (χ4v) is 7.79. The van der Waals surface area contributed by atoms with Gasteiger partial charge in [-0.3, -0.25) is 0 Å². The lowest BCUT2D eigenvalue weighted by atomic mass is 9.56. The van der Waals surface area contributed by atoms with Gasteiger partial charge in [0, 0.05) is 0 Å². The van der Waals surface area contributed by atoms with Gasteiger partial charge in [0.05, 0.1) is 0 Å². The van der Waals surface area contributed by atoms with Crippen LogP contribution in [0, 0.1) is 23.7 Å². The lowest BCUT2D eigenvalue weighted by molar-refractivity contribution is 0.100. The van der Waals surface area contributed by atoms with Crippen LogP contribution in [-0.4, -0.2) is 0 Å². The van der Waals surface area contributed by atoms with E-state index in [2.05, 4.69) is 57.7 Å². The second-order valence-electron chi connectivity index (χ2n) is 12.8. The molecule has 0 radical (unpaired) electrons. The maximum atomic E-state index is 4.35. The molecule has 4 unspecified atom stereocenters. The monoisotopic (exact) mass is 456 g/mol. The Labute approximate surface area is 210 Å². The van der Waals surface area contributed by atoms with Crippen molar-refractivity contribution in [2.24, 2.45) is 23.7 Å². The Morgan fingerprint density at radius 1 is 1.09 bits per heavy atom. The summed E-state index contributed by atoms with van der Waals surface area (Å²) in [5.74, 6) is 3.86. The first-order valence-electron chi connectivity index (χ1n) is 14.6. The molecule has 0 N–H and O–H groups in total. The molecule has 0 nitrogen and oxygen atoms in total. The molecule has 184 valence electrons. The second kappa shape index (κ2) is 10.2. The van der Waals surface area contributed by atoms with Gasteiger partial charge in [-0.1, -0.05) is 86.8 Å². The molecule has 5 rings (SSSR count). The van der Waals surface area contributed by atoms with Crippen LogP contribution in [0.4, 0.5) is 0 Å². The third-order valence-corrected chi connectivity index (χ3v) is 10.1. The van der Waals surface area contributed by atoms with E-state index >= 15 is 0 Å². The van der Waals surface area contributed by atoms with Crippen molar-refractivity contribution in [2.75, 3.05) is 0 Å². The highest BCUT2D eigenvalue weighted by Gasteiger charge is 2.43. The SMILES string of the molecule is C=C(C)c1ccc(C23CCCC(CC(CC)C2)C3)cc1CC1=CC=C(CCC(C)C2CC2)CC1. The average Bonchev–Trinajstić information content (AvgIpc) is 3.68. The molecule has 4 aliphatic rings. The van der Waals surface area contributed by atoms with Gasteiger partial charge in [0.15, 0.2) is 0 Å². The number of hydrogen-bond acceptors (Lipinski definition) is 0. The number of rotatable bonds is 9. The number of allylic oxidation sites excluding steroid dienone is 5. The molecule has 0 aromatic heterocycles. The minimum absolute atomic E-state index is 0.441. The van der Waals surface area contributed by atoms with Crippen LogP contribution in [0.5, 0.6) is 0 Å². The van der Waals surface area contributed by atoms with E-state index in [1.54, 1.807) is 16.7 Å². The van der Waals surface area contributed by atoms with Crippen LogP contribution < -0.4 is 0 Å². The number of fused-ring (bicyclic) bond motifs is 2. The molecule has 4 atom stereocenters. The molecular weight excluding hydrogens is 408 g/mol. The maximum absolute atomic E-state index is 4.35. The highest BCUT2D eigenvalue weighted by atomic mass is 14.5. The minimum Gasteiger partial charge on any atom is -0.0955 e. The van der Waals surface area contributed by atoms with Crippen LogP contribution in [0.1, 0.15) is 121 Å². The van der Waals surface area contributed by atoms with Crippen molar-refractivity contribution in [1.82, 2.24) is 0 Å². The first-order chi connectivity index (χ1) is 16.5. The van der Waals surface area contributed by atoms with E-state index in [9.17, 15) is 0 Å². The lowest BCUT2D eigenvalue weighted by Gasteiger charge is -2.49. The molecular formula is C34H48. The summed E-state index contributed by atoms with van der Waals surface area (Å²) in [4.78, 5) is 0. The van der Waals surface area contributed by atoms with Gasteiger partial charge < -0.3 is 0 Å². The third kappa shape index (κ3) is 5.32. The summed E-state index contributed by atoms with van der Waals surface area (Å²) in [5.41, 5.74) is 9.54. The first-order valence-corrected chi connectivity index (χ1v) is 14.6. The van der Waals surface area contributed by atoms with Crippen LogP contribution in [-0.2, 0) is 11.8 Å². The van der Waals surface area contributed by atoms with E-state index in [0.29, 0.717) is 5.41 Å². The Kier molecular flexibility index (Phi) is 7.25. The van der Waals surface area contributed by atoms with Crippen molar-refractivity contribution in [3.63, 3.8) is 0 Å². The summed E-state index contributed by atoms with van der Waals surface area (Å²) in [6.07, 6.45) is 24.2. The van der Waals surface area contributed by atoms with Crippen molar-refractivity contribution < 1.29 is 0 Å². The van der Waals surface area contributed by atoms with Gasteiger partial charge in [-0.2, -0.15) is 0 Å². The zero-order valence-corrected chi connectivity index (χ0v) is 22.3. The number of benzene rings is 1.